The highest BCUT2D eigenvalue weighted by atomic mass is 16.5. The number of aromatic nitrogens is 2. The molecule has 3 aromatic carbocycles. The molecule has 29 heavy (non-hydrogen) atoms. The number of nitrogens with zero attached hydrogens (tertiary/aromatic N) is 2. The van der Waals surface area contributed by atoms with E-state index < -0.39 is 0 Å². The normalized spacial score (nSPS) is 11.3. The second kappa shape index (κ2) is 8.44. The smallest absolute Gasteiger partial charge is 0.248 e. The number of benzene rings is 3. The molecule has 0 N–H and O–H groups in total. The van der Waals surface area contributed by atoms with E-state index in [1.165, 1.54) is 0 Å². The molecule has 5 nitrogen and oxygen atoms in total. The van der Waals surface area contributed by atoms with Crippen molar-refractivity contribution in [1.29, 1.82) is 0 Å². The van der Waals surface area contributed by atoms with Crippen LogP contribution in [0.5, 0.6) is 11.5 Å². The molecule has 1 aromatic heterocycles. The van der Waals surface area contributed by atoms with Crippen LogP contribution in [0.1, 0.15) is 17.0 Å². The Kier molecular flexibility index (Phi) is 5.38. The predicted octanol–water partition coefficient (Wildman–Crippen LogP) is 5.34. The summed E-state index contributed by atoms with van der Waals surface area (Å²) in [7, 11) is 3.30. The standard InChI is InChI=1S/C24H20N2O3/c1-27-20-12-8-17(9-13-20)16-22(18-10-14-21(28-2)15-11-18)24-26-25-23(29-24)19-6-4-3-5-7-19/h3-16H,1-2H3/b22-16+. The Bertz CT molecular complexity index is 1100. The molecule has 0 bridgehead atoms. The molecule has 0 radical (unpaired) electrons. The van der Waals surface area contributed by atoms with Crippen LogP contribution in [0.15, 0.2) is 83.3 Å². The predicted molar refractivity (Wildman–Crippen MR) is 113 cm³/mol. The van der Waals surface area contributed by atoms with Crippen LogP contribution in [0, 0.1) is 0 Å². The highest BCUT2D eigenvalue weighted by molar-refractivity contribution is 5.88. The SMILES string of the molecule is COc1ccc(/C=C(\c2ccc(OC)cc2)c2nnc(-c3ccccc3)o2)cc1. The molecular weight excluding hydrogens is 364 g/mol. The van der Waals surface area contributed by atoms with Crippen molar-refractivity contribution >= 4 is 11.6 Å². The van der Waals surface area contributed by atoms with Gasteiger partial charge in [-0.05, 0) is 53.6 Å². The summed E-state index contributed by atoms with van der Waals surface area (Å²) in [5, 5.41) is 8.53. The van der Waals surface area contributed by atoms with Crippen molar-refractivity contribution in [2.24, 2.45) is 0 Å². The number of hydrogen-bond donors (Lipinski definition) is 0. The fourth-order valence-corrected chi connectivity index (χ4v) is 2.94. The molecule has 0 fully saturated rings. The van der Waals surface area contributed by atoms with E-state index in [2.05, 4.69) is 10.2 Å². The third-order valence-corrected chi connectivity index (χ3v) is 4.50. The monoisotopic (exact) mass is 384 g/mol. The van der Waals surface area contributed by atoms with Gasteiger partial charge in [0.1, 0.15) is 11.5 Å². The number of hydrogen-bond acceptors (Lipinski definition) is 5. The molecule has 0 aliphatic rings. The fraction of sp³-hybridized carbons (Fsp3) is 0.0833. The summed E-state index contributed by atoms with van der Waals surface area (Å²) in [5.41, 5.74) is 3.65. The minimum Gasteiger partial charge on any atom is -0.497 e. The molecule has 1 heterocycles. The van der Waals surface area contributed by atoms with Crippen molar-refractivity contribution < 1.29 is 13.9 Å². The highest BCUT2D eigenvalue weighted by Crippen LogP contribution is 2.29. The summed E-state index contributed by atoms with van der Waals surface area (Å²) in [4.78, 5) is 0. The van der Waals surface area contributed by atoms with Crippen molar-refractivity contribution in [1.82, 2.24) is 10.2 Å². The van der Waals surface area contributed by atoms with Gasteiger partial charge in [0.15, 0.2) is 0 Å². The maximum atomic E-state index is 6.01. The average molecular weight is 384 g/mol. The quantitative estimate of drug-likeness (QED) is 0.420. The summed E-state index contributed by atoms with van der Waals surface area (Å²) in [6.07, 6.45) is 2.02. The Morgan fingerprint density at radius 2 is 1.38 bits per heavy atom. The van der Waals surface area contributed by atoms with Gasteiger partial charge in [-0.1, -0.05) is 42.5 Å². The first-order valence-electron chi connectivity index (χ1n) is 9.16. The molecule has 0 saturated carbocycles. The molecule has 0 saturated heterocycles. The van der Waals surface area contributed by atoms with Gasteiger partial charge in [0.2, 0.25) is 11.8 Å². The molecule has 5 heteroatoms. The first kappa shape index (κ1) is 18.5. The van der Waals surface area contributed by atoms with Gasteiger partial charge in [-0.15, -0.1) is 10.2 Å². The highest BCUT2D eigenvalue weighted by Gasteiger charge is 2.15. The van der Waals surface area contributed by atoms with Crippen LogP contribution in [0.25, 0.3) is 23.1 Å². The lowest BCUT2D eigenvalue weighted by Crippen LogP contribution is -1.90. The minimum absolute atomic E-state index is 0.449. The van der Waals surface area contributed by atoms with E-state index in [4.69, 9.17) is 13.9 Å². The number of ether oxygens (including phenoxy) is 2. The van der Waals surface area contributed by atoms with Crippen molar-refractivity contribution in [2.45, 2.75) is 0 Å². The van der Waals surface area contributed by atoms with Gasteiger partial charge in [0.25, 0.3) is 0 Å². The molecule has 0 spiro atoms. The van der Waals surface area contributed by atoms with E-state index >= 15 is 0 Å². The van der Waals surface area contributed by atoms with Gasteiger partial charge in [0, 0.05) is 11.1 Å². The van der Waals surface area contributed by atoms with Gasteiger partial charge in [0.05, 0.1) is 14.2 Å². The average Bonchev–Trinajstić information content (AvgIpc) is 3.28. The van der Waals surface area contributed by atoms with Crippen LogP contribution in [-0.2, 0) is 0 Å². The maximum absolute atomic E-state index is 6.01. The largest absolute Gasteiger partial charge is 0.497 e. The second-order valence-electron chi connectivity index (χ2n) is 6.34. The van der Waals surface area contributed by atoms with Gasteiger partial charge in [-0.25, -0.2) is 0 Å². The Labute approximate surface area is 169 Å². The molecule has 4 rings (SSSR count). The van der Waals surface area contributed by atoms with E-state index in [-0.39, 0.29) is 0 Å². The summed E-state index contributed by atoms with van der Waals surface area (Å²) >= 11 is 0. The zero-order valence-electron chi connectivity index (χ0n) is 16.2. The van der Waals surface area contributed by atoms with E-state index in [9.17, 15) is 0 Å². The van der Waals surface area contributed by atoms with E-state index in [0.717, 1.165) is 33.8 Å². The van der Waals surface area contributed by atoms with E-state index in [1.807, 2.05) is 84.9 Å². The fourth-order valence-electron chi connectivity index (χ4n) is 2.94. The second-order valence-corrected chi connectivity index (χ2v) is 6.34. The zero-order chi connectivity index (χ0) is 20.1. The van der Waals surface area contributed by atoms with Crippen LogP contribution < -0.4 is 9.47 Å². The Morgan fingerprint density at radius 3 is 2.00 bits per heavy atom. The van der Waals surface area contributed by atoms with Crippen LogP contribution in [-0.4, -0.2) is 24.4 Å². The molecule has 0 aliphatic carbocycles. The van der Waals surface area contributed by atoms with Crippen LogP contribution >= 0.6 is 0 Å². The van der Waals surface area contributed by atoms with Gasteiger partial charge in [-0.2, -0.15) is 0 Å². The van der Waals surface area contributed by atoms with Gasteiger partial charge < -0.3 is 13.9 Å². The molecule has 0 atom stereocenters. The zero-order valence-corrected chi connectivity index (χ0v) is 16.2. The van der Waals surface area contributed by atoms with Gasteiger partial charge >= 0.3 is 0 Å². The third kappa shape index (κ3) is 4.19. The lowest BCUT2D eigenvalue weighted by Gasteiger charge is -2.06. The summed E-state index contributed by atoms with van der Waals surface area (Å²) in [6.45, 7) is 0. The molecule has 0 unspecified atom stereocenters. The van der Waals surface area contributed by atoms with Crippen molar-refractivity contribution in [3.63, 3.8) is 0 Å². The molecule has 4 aromatic rings. The summed E-state index contributed by atoms with van der Waals surface area (Å²) < 4.78 is 16.5. The van der Waals surface area contributed by atoms with Gasteiger partial charge in [-0.3, -0.25) is 0 Å². The topological polar surface area (TPSA) is 57.4 Å². The minimum atomic E-state index is 0.449. The third-order valence-electron chi connectivity index (χ3n) is 4.50. The maximum Gasteiger partial charge on any atom is 0.248 e. The lowest BCUT2D eigenvalue weighted by atomic mass is 10.0. The molecular formula is C24H20N2O3. The van der Waals surface area contributed by atoms with E-state index in [0.29, 0.717) is 11.8 Å². The molecule has 0 aliphatic heterocycles. The molecule has 144 valence electrons. The summed E-state index contributed by atoms with van der Waals surface area (Å²) in [6, 6.07) is 25.3. The van der Waals surface area contributed by atoms with Crippen molar-refractivity contribution in [3.05, 3.63) is 95.9 Å². The Morgan fingerprint density at radius 1 is 0.759 bits per heavy atom. The first-order valence-corrected chi connectivity index (χ1v) is 9.16. The van der Waals surface area contributed by atoms with Crippen LogP contribution in [0.2, 0.25) is 0 Å². The number of methoxy groups -OCH3 is 2. The van der Waals surface area contributed by atoms with Crippen molar-refractivity contribution in [2.75, 3.05) is 14.2 Å². The lowest BCUT2D eigenvalue weighted by molar-refractivity contribution is 0.414. The van der Waals surface area contributed by atoms with Crippen LogP contribution in [0.3, 0.4) is 0 Å². The van der Waals surface area contributed by atoms with Crippen molar-refractivity contribution in [3.8, 4) is 23.0 Å². The molecule has 0 amide bonds. The van der Waals surface area contributed by atoms with E-state index in [1.54, 1.807) is 14.2 Å². The first-order chi connectivity index (χ1) is 14.3. The summed E-state index contributed by atoms with van der Waals surface area (Å²) in [5.74, 6) is 2.52. The number of rotatable bonds is 6. The van der Waals surface area contributed by atoms with Crippen LogP contribution in [0.4, 0.5) is 0 Å². The Hall–Kier alpha value is -3.86. The Balaban J connectivity index is 1.77.